The molecule has 1 atom stereocenters. The fourth-order valence-corrected chi connectivity index (χ4v) is 1.70. The van der Waals surface area contributed by atoms with Crippen LogP contribution in [-0.2, 0) is 4.79 Å². The summed E-state index contributed by atoms with van der Waals surface area (Å²) in [7, 11) is 0. The smallest absolute Gasteiger partial charge is 0.258 e. The van der Waals surface area contributed by atoms with Crippen molar-refractivity contribution in [3.05, 3.63) is 65.7 Å². The lowest BCUT2D eigenvalue weighted by Gasteiger charge is -2.11. The lowest BCUT2D eigenvalue weighted by Crippen LogP contribution is -2.30. The molecule has 0 radical (unpaired) electrons. The number of benzene rings is 2. The van der Waals surface area contributed by atoms with Gasteiger partial charge in [0.1, 0.15) is 5.75 Å². The summed E-state index contributed by atoms with van der Waals surface area (Å²) in [6, 6.07) is 15.7. The Labute approximate surface area is 117 Å². The minimum Gasteiger partial charge on any atom is -0.481 e. The van der Waals surface area contributed by atoms with E-state index in [4.69, 9.17) is 10.5 Å². The molecule has 4 heteroatoms. The van der Waals surface area contributed by atoms with Crippen molar-refractivity contribution in [2.45, 2.75) is 13.0 Å². The predicted octanol–water partition coefficient (Wildman–Crippen LogP) is 2.17. The van der Waals surface area contributed by atoms with Gasteiger partial charge in [0, 0.05) is 11.1 Å². The van der Waals surface area contributed by atoms with Gasteiger partial charge in [-0.2, -0.15) is 0 Å². The Kier molecular flexibility index (Phi) is 4.15. The lowest BCUT2D eigenvalue weighted by molar-refractivity contribution is -0.123. The highest BCUT2D eigenvalue weighted by atomic mass is 16.5. The topological polar surface area (TPSA) is 69.4 Å². The van der Waals surface area contributed by atoms with Crippen LogP contribution >= 0.6 is 0 Å². The number of carbonyl (C=O) groups excluding carboxylic acids is 2. The molecule has 2 aromatic rings. The van der Waals surface area contributed by atoms with E-state index in [0.717, 1.165) is 0 Å². The van der Waals surface area contributed by atoms with Crippen LogP contribution in [0.5, 0.6) is 5.75 Å². The predicted molar refractivity (Wildman–Crippen MR) is 75.6 cm³/mol. The second-order valence-electron chi connectivity index (χ2n) is 4.38. The van der Waals surface area contributed by atoms with Crippen molar-refractivity contribution in [3.8, 4) is 5.75 Å². The van der Waals surface area contributed by atoms with Gasteiger partial charge in [0.2, 0.25) is 0 Å². The highest BCUT2D eigenvalue weighted by molar-refractivity contribution is 6.08. The summed E-state index contributed by atoms with van der Waals surface area (Å²) in [5, 5.41) is 0. The van der Waals surface area contributed by atoms with Gasteiger partial charge in [-0.3, -0.25) is 9.59 Å². The Balaban J connectivity index is 2.12. The van der Waals surface area contributed by atoms with Crippen LogP contribution in [0.25, 0.3) is 0 Å². The maximum atomic E-state index is 12.2. The Morgan fingerprint density at radius 2 is 1.50 bits per heavy atom. The number of ether oxygens (including phenoxy) is 1. The molecule has 1 amide bonds. The lowest BCUT2D eigenvalue weighted by atomic mass is 10.0. The first-order chi connectivity index (χ1) is 9.58. The first-order valence-corrected chi connectivity index (χ1v) is 6.23. The van der Waals surface area contributed by atoms with Gasteiger partial charge in [-0.25, -0.2) is 0 Å². The van der Waals surface area contributed by atoms with Crippen LogP contribution in [0.1, 0.15) is 22.8 Å². The molecule has 20 heavy (non-hydrogen) atoms. The molecular formula is C16H15NO3. The number of hydrogen-bond donors (Lipinski definition) is 1. The minimum absolute atomic E-state index is 0.0555. The van der Waals surface area contributed by atoms with Crippen LogP contribution in [0.3, 0.4) is 0 Å². The fourth-order valence-electron chi connectivity index (χ4n) is 1.70. The number of primary amides is 1. The monoisotopic (exact) mass is 269 g/mol. The molecule has 0 aromatic heterocycles. The van der Waals surface area contributed by atoms with Gasteiger partial charge >= 0.3 is 0 Å². The van der Waals surface area contributed by atoms with Crippen molar-refractivity contribution >= 4 is 11.7 Å². The molecule has 0 saturated carbocycles. The molecule has 0 aliphatic rings. The molecular weight excluding hydrogens is 254 g/mol. The molecule has 0 aliphatic heterocycles. The van der Waals surface area contributed by atoms with Gasteiger partial charge in [-0.1, -0.05) is 30.3 Å². The minimum atomic E-state index is -0.703. The molecule has 0 spiro atoms. The van der Waals surface area contributed by atoms with Gasteiger partial charge in [0.05, 0.1) is 0 Å². The van der Waals surface area contributed by atoms with Crippen molar-refractivity contribution in [3.63, 3.8) is 0 Å². The van der Waals surface area contributed by atoms with E-state index in [0.29, 0.717) is 16.9 Å². The van der Waals surface area contributed by atoms with Gasteiger partial charge in [-0.15, -0.1) is 0 Å². The molecule has 0 saturated heterocycles. The van der Waals surface area contributed by atoms with E-state index in [-0.39, 0.29) is 5.78 Å². The molecule has 0 bridgehead atoms. The van der Waals surface area contributed by atoms with Crippen LogP contribution in [-0.4, -0.2) is 17.8 Å². The summed E-state index contributed by atoms with van der Waals surface area (Å²) in [6.07, 6.45) is -0.703. The third-order valence-corrected chi connectivity index (χ3v) is 2.87. The van der Waals surface area contributed by atoms with E-state index in [1.54, 1.807) is 43.3 Å². The molecule has 0 heterocycles. The van der Waals surface area contributed by atoms with Gasteiger partial charge in [-0.05, 0) is 31.2 Å². The summed E-state index contributed by atoms with van der Waals surface area (Å²) < 4.78 is 5.33. The normalized spacial score (nSPS) is 11.7. The first-order valence-electron chi connectivity index (χ1n) is 6.23. The maximum absolute atomic E-state index is 12.2. The quantitative estimate of drug-likeness (QED) is 0.846. The Morgan fingerprint density at radius 3 is 2.05 bits per heavy atom. The van der Waals surface area contributed by atoms with Gasteiger partial charge < -0.3 is 10.5 Å². The fraction of sp³-hybridized carbons (Fsp3) is 0.125. The number of carbonyl (C=O) groups is 2. The molecule has 102 valence electrons. The second kappa shape index (κ2) is 6.02. The number of ketones is 1. The first kappa shape index (κ1) is 13.8. The third kappa shape index (κ3) is 3.23. The highest BCUT2D eigenvalue weighted by Crippen LogP contribution is 2.16. The Bertz CT molecular complexity index is 605. The molecule has 2 N–H and O–H groups in total. The van der Waals surface area contributed by atoms with Crippen molar-refractivity contribution in [1.82, 2.24) is 0 Å². The Morgan fingerprint density at radius 1 is 0.950 bits per heavy atom. The van der Waals surface area contributed by atoms with E-state index in [2.05, 4.69) is 0 Å². The van der Waals surface area contributed by atoms with Crippen LogP contribution in [0.4, 0.5) is 0 Å². The molecule has 2 aromatic carbocycles. The summed E-state index contributed by atoms with van der Waals surface area (Å²) in [6.45, 7) is 1.57. The molecule has 0 unspecified atom stereocenters. The van der Waals surface area contributed by atoms with Crippen molar-refractivity contribution in [2.24, 2.45) is 5.73 Å². The van der Waals surface area contributed by atoms with Crippen LogP contribution in [0.15, 0.2) is 54.6 Å². The number of hydrogen-bond acceptors (Lipinski definition) is 3. The Hall–Kier alpha value is -2.62. The molecule has 0 fully saturated rings. The van der Waals surface area contributed by atoms with E-state index in [9.17, 15) is 9.59 Å². The van der Waals surface area contributed by atoms with Gasteiger partial charge in [0.25, 0.3) is 5.91 Å². The molecule has 0 aliphatic carbocycles. The molecule has 4 nitrogen and oxygen atoms in total. The zero-order valence-electron chi connectivity index (χ0n) is 11.1. The summed E-state index contributed by atoms with van der Waals surface area (Å²) in [5.41, 5.74) is 6.32. The van der Waals surface area contributed by atoms with E-state index >= 15 is 0 Å². The van der Waals surface area contributed by atoms with Crippen LogP contribution < -0.4 is 10.5 Å². The SMILES string of the molecule is C[C@H](Oc1ccc(C(=O)c2ccccc2)cc1)C(N)=O. The number of rotatable bonds is 5. The maximum Gasteiger partial charge on any atom is 0.258 e. The average Bonchev–Trinajstić information content (AvgIpc) is 2.48. The average molecular weight is 269 g/mol. The summed E-state index contributed by atoms with van der Waals surface area (Å²) >= 11 is 0. The standard InChI is InChI=1S/C16H15NO3/c1-11(16(17)19)20-14-9-7-13(8-10-14)15(18)12-5-3-2-4-6-12/h2-11H,1H3,(H2,17,19)/t11-/m0/s1. The summed E-state index contributed by atoms with van der Waals surface area (Å²) in [5.74, 6) is -0.0875. The summed E-state index contributed by atoms with van der Waals surface area (Å²) in [4.78, 5) is 23.1. The van der Waals surface area contributed by atoms with Crippen LogP contribution in [0.2, 0.25) is 0 Å². The van der Waals surface area contributed by atoms with Crippen molar-refractivity contribution in [2.75, 3.05) is 0 Å². The van der Waals surface area contributed by atoms with E-state index < -0.39 is 12.0 Å². The largest absolute Gasteiger partial charge is 0.481 e. The highest BCUT2D eigenvalue weighted by Gasteiger charge is 2.11. The number of nitrogens with two attached hydrogens (primary N) is 1. The zero-order chi connectivity index (χ0) is 14.5. The zero-order valence-corrected chi connectivity index (χ0v) is 11.1. The molecule has 2 rings (SSSR count). The third-order valence-electron chi connectivity index (χ3n) is 2.87. The van der Waals surface area contributed by atoms with Crippen molar-refractivity contribution < 1.29 is 14.3 Å². The number of amides is 1. The van der Waals surface area contributed by atoms with E-state index in [1.165, 1.54) is 0 Å². The van der Waals surface area contributed by atoms with Crippen LogP contribution in [0, 0.1) is 0 Å². The van der Waals surface area contributed by atoms with E-state index in [1.807, 2.05) is 18.2 Å². The van der Waals surface area contributed by atoms with Gasteiger partial charge in [0.15, 0.2) is 11.9 Å². The second-order valence-corrected chi connectivity index (χ2v) is 4.38. The van der Waals surface area contributed by atoms with Crippen molar-refractivity contribution in [1.29, 1.82) is 0 Å².